The third-order valence-electron chi connectivity index (χ3n) is 4.14. The number of carbonyl (C=O) groups is 1. The molecule has 3 aromatic rings. The Morgan fingerprint density at radius 2 is 1.82 bits per heavy atom. The molecule has 0 unspecified atom stereocenters. The molecule has 1 amide bonds. The van der Waals surface area contributed by atoms with Gasteiger partial charge in [-0.15, -0.1) is 11.3 Å². The van der Waals surface area contributed by atoms with Crippen LogP contribution in [0.25, 0.3) is 11.3 Å². The molecule has 144 valence electrons. The van der Waals surface area contributed by atoms with Crippen LogP contribution in [0.4, 0.5) is 10.1 Å². The number of carbonyl (C=O) groups excluding carboxylic acids is 1. The summed E-state index contributed by atoms with van der Waals surface area (Å²) < 4.78 is 13.0. The van der Waals surface area contributed by atoms with E-state index in [9.17, 15) is 19.3 Å². The third kappa shape index (κ3) is 5.43. The number of hydrogen-bond donors (Lipinski definition) is 1. The number of non-ortho nitro benzene ring substituents is 1. The number of benzene rings is 2. The number of aromatic nitrogens is 1. The molecule has 28 heavy (non-hydrogen) atoms. The van der Waals surface area contributed by atoms with E-state index in [1.165, 1.54) is 35.6 Å². The third-order valence-corrected chi connectivity index (χ3v) is 5.05. The van der Waals surface area contributed by atoms with Gasteiger partial charge in [0, 0.05) is 42.5 Å². The summed E-state index contributed by atoms with van der Waals surface area (Å²) in [6.45, 7) is 0.468. The zero-order chi connectivity index (χ0) is 19.9. The average molecular weight is 399 g/mol. The van der Waals surface area contributed by atoms with E-state index >= 15 is 0 Å². The first-order chi connectivity index (χ1) is 13.5. The Kier molecular flexibility index (Phi) is 6.44. The number of thiazole rings is 1. The molecule has 1 aromatic heterocycles. The largest absolute Gasteiger partial charge is 0.356 e. The fourth-order valence-electron chi connectivity index (χ4n) is 2.62. The van der Waals surface area contributed by atoms with Crippen LogP contribution in [-0.4, -0.2) is 22.4 Å². The van der Waals surface area contributed by atoms with Gasteiger partial charge in [0.25, 0.3) is 5.69 Å². The van der Waals surface area contributed by atoms with E-state index in [4.69, 9.17) is 0 Å². The number of rotatable bonds is 8. The van der Waals surface area contributed by atoms with Crippen LogP contribution in [0.3, 0.4) is 0 Å². The van der Waals surface area contributed by atoms with Gasteiger partial charge in [-0.25, -0.2) is 9.37 Å². The van der Waals surface area contributed by atoms with Gasteiger partial charge in [0.15, 0.2) is 0 Å². The maximum atomic E-state index is 13.0. The van der Waals surface area contributed by atoms with Crippen molar-refractivity contribution in [2.45, 2.75) is 19.3 Å². The predicted molar refractivity (Wildman–Crippen MR) is 106 cm³/mol. The van der Waals surface area contributed by atoms with Crippen LogP contribution in [0.5, 0.6) is 0 Å². The fourth-order valence-corrected chi connectivity index (χ4v) is 3.43. The Hall–Kier alpha value is -3.13. The van der Waals surface area contributed by atoms with Crippen molar-refractivity contribution in [3.05, 3.63) is 80.4 Å². The van der Waals surface area contributed by atoms with Crippen molar-refractivity contribution < 1.29 is 14.1 Å². The van der Waals surface area contributed by atoms with E-state index in [2.05, 4.69) is 10.3 Å². The Balaban J connectivity index is 1.42. The van der Waals surface area contributed by atoms with Crippen molar-refractivity contribution in [3.8, 4) is 11.3 Å². The van der Waals surface area contributed by atoms with E-state index in [1.807, 2.05) is 5.38 Å². The molecule has 1 heterocycles. The highest BCUT2D eigenvalue weighted by Crippen LogP contribution is 2.22. The van der Waals surface area contributed by atoms with E-state index < -0.39 is 4.92 Å². The molecule has 8 heteroatoms. The molecule has 0 aliphatic rings. The second kappa shape index (κ2) is 9.18. The summed E-state index contributed by atoms with van der Waals surface area (Å²) in [6.07, 6.45) is 1.47. The molecule has 0 aliphatic carbocycles. The minimum atomic E-state index is -0.439. The number of nitro benzene ring substituents is 1. The van der Waals surface area contributed by atoms with E-state index in [0.717, 1.165) is 21.8 Å². The molecule has 0 spiro atoms. The van der Waals surface area contributed by atoms with Crippen molar-refractivity contribution >= 4 is 22.9 Å². The predicted octanol–water partition coefficient (Wildman–Crippen LogP) is 4.15. The second-order valence-corrected chi connectivity index (χ2v) is 7.10. The average Bonchev–Trinajstić information content (AvgIpc) is 3.16. The minimum absolute atomic E-state index is 0.0521. The summed E-state index contributed by atoms with van der Waals surface area (Å²) in [5, 5.41) is 16.2. The van der Waals surface area contributed by atoms with Crippen molar-refractivity contribution in [3.63, 3.8) is 0 Å². The maximum absolute atomic E-state index is 13.0. The number of aryl methyl sites for hydroxylation is 1. The molecule has 2 aromatic carbocycles. The first kappa shape index (κ1) is 19.6. The normalized spacial score (nSPS) is 10.6. The molecular formula is C20H18FN3O3S. The van der Waals surface area contributed by atoms with E-state index in [1.54, 1.807) is 24.3 Å². The van der Waals surface area contributed by atoms with E-state index in [-0.39, 0.29) is 17.4 Å². The fraction of sp³-hybridized carbons (Fsp3) is 0.200. The quantitative estimate of drug-likeness (QED) is 0.455. The molecule has 1 N–H and O–H groups in total. The summed E-state index contributed by atoms with van der Waals surface area (Å²) in [7, 11) is 0. The van der Waals surface area contributed by atoms with Gasteiger partial charge in [-0.1, -0.05) is 12.1 Å². The number of nitrogens with zero attached hydrogens (tertiary/aromatic N) is 2. The molecule has 3 rings (SSSR count). The standard InChI is InChI=1S/C20H18FN3O3S/c21-16-5-3-15(4-6-16)18-13-28-20(23-18)10-9-19(25)22-12-11-14-1-7-17(8-2-14)24(26)27/h1-8,13H,9-12H2,(H,22,25). The van der Waals surface area contributed by atoms with Crippen LogP contribution in [0.1, 0.15) is 17.0 Å². The van der Waals surface area contributed by atoms with Crippen LogP contribution in [-0.2, 0) is 17.6 Å². The lowest BCUT2D eigenvalue weighted by molar-refractivity contribution is -0.384. The smallest absolute Gasteiger partial charge is 0.269 e. The van der Waals surface area contributed by atoms with Gasteiger partial charge in [-0.05, 0) is 36.2 Å². The Morgan fingerprint density at radius 3 is 2.50 bits per heavy atom. The summed E-state index contributed by atoms with van der Waals surface area (Å²) in [5.74, 6) is -0.356. The summed E-state index contributed by atoms with van der Waals surface area (Å²) in [4.78, 5) is 26.7. The van der Waals surface area contributed by atoms with E-state index in [0.29, 0.717) is 25.8 Å². The molecule has 6 nitrogen and oxygen atoms in total. The van der Waals surface area contributed by atoms with Crippen molar-refractivity contribution in [1.29, 1.82) is 0 Å². The molecule has 0 bridgehead atoms. The topological polar surface area (TPSA) is 85.1 Å². The van der Waals surface area contributed by atoms with Crippen molar-refractivity contribution in [2.75, 3.05) is 6.54 Å². The highest BCUT2D eigenvalue weighted by molar-refractivity contribution is 7.09. The van der Waals surface area contributed by atoms with Gasteiger partial charge in [0.2, 0.25) is 5.91 Å². The lowest BCUT2D eigenvalue weighted by atomic mass is 10.1. The molecule has 0 fully saturated rings. The zero-order valence-corrected chi connectivity index (χ0v) is 15.7. The zero-order valence-electron chi connectivity index (χ0n) is 14.9. The van der Waals surface area contributed by atoms with Crippen molar-refractivity contribution in [2.24, 2.45) is 0 Å². The Morgan fingerprint density at radius 1 is 1.11 bits per heavy atom. The van der Waals surface area contributed by atoms with Gasteiger partial charge < -0.3 is 5.32 Å². The van der Waals surface area contributed by atoms with Crippen LogP contribution in [0, 0.1) is 15.9 Å². The Labute approximate surface area is 165 Å². The van der Waals surface area contributed by atoms with Gasteiger partial charge >= 0.3 is 0 Å². The van der Waals surface area contributed by atoms with Crippen molar-refractivity contribution in [1.82, 2.24) is 10.3 Å². The lowest BCUT2D eigenvalue weighted by Crippen LogP contribution is -2.25. The Bertz CT molecular complexity index is 956. The maximum Gasteiger partial charge on any atom is 0.269 e. The number of nitrogens with one attached hydrogen (secondary N) is 1. The van der Waals surface area contributed by atoms with Crippen LogP contribution in [0.2, 0.25) is 0 Å². The SMILES string of the molecule is O=C(CCc1nc(-c2ccc(F)cc2)cs1)NCCc1ccc([N+](=O)[O-])cc1. The van der Waals surface area contributed by atoms with Gasteiger partial charge in [0.05, 0.1) is 15.6 Å². The lowest BCUT2D eigenvalue weighted by Gasteiger charge is -2.05. The second-order valence-electron chi connectivity index (χ2n) is 6.16. The number of hydrogen-bond acceptors (Lipinski definition) is 5. The number of nitro groups is 1. The van der Waals surface area contributed by atoms with Gasteiger partial charge in [0.1, 0.15) is 5.82 Å². The first-order valence-corrected chi connectivity index (χ1v) is 9.59. The monoisotopic (exact) mass is 399 g/mol. The molecular weight excluding hydrogens is 381 g/mol. The highest BCUT2D eigenvalue weighted by Gasteiger charge is 2.08. The molecule has 0 saturated heterocycles. The summed E-state index contributed by atoms with van der Waals surface area (Å²) >= 11 is 1.48. The first-order valence-electron chi connectivity index (χ1n) is 8.71. The summed E-state index contributed by atoms with van der Waals surface area (Å²) in [5.41, 5.74) is 2.60. The van der Waals surface area contributed by atoms with Gasteiger partial charge in [-0.3, -0.25) is 14.9 Å². The highest BCUT2D eigenvalue weighted by atomic mass is 32.1. The number of amides is 1. The van der Waals surface area contributed by atoms with Crippen LogP contribution >= 0.6 is 11.3 Å². The molecule has 0 atom stereocenters. The molecule has 0 aliphatic heterocycles. The molecule has 0 saturated carbocycles. The van der Waals surface area contributed by atoms with Gasteiger partial charge in [-0.2, -0.15) is 0 Å². The van der Waals surface area contributed by atoms with Crippen LogP contribution in [0.15, 0.2) is 53.9 Å². The van der Waals surface area contributed by atoms with Crippen LogP contribution < -0.4 is 5.32 Å². The minimum Gasteiger partial charge on any atom is -0.356 e. The molecule has 0 radical (unpaired) electrons. The number of halogens is 1. The summed E-state index contributed by atoms with van der Waals surface area (Å²) in [6, 6.07) is 12.4.